The lowest BCUT2D eigenvalue weighted by molar-refractivity contribution is 1.18. The molecule has 2 nitrogen and oxygen atoms in total. The van der Waals surface area contributed by atoms with E-state index >= 15 is 0 Å². The van der Waals surface area contributed by atoms with Gasteiger partial charge in [0.2, 0.25) is 0 Å². The van der Waals surface area contributed by atoms with Gasteiger partial charge in [-0.1, -0.05) is 127 Å². The second kappa shape index (κ2) is 11.1. The van der Waals surface area contributed by atoms with Crippen molar-refractivity contribution in [3.63, 3.8) is 0 Å². The van der Waals surface area contributed by atoms with Gasteiger partial charge in [-0.2, -0.15) is 0 Å². The smallest absolute Gasteiger partial charge is 0.0629 e. The molecule has 0 saturated heterocycles. The van der Waals surface area contributed by atoms with E-state index in [0.717, 1.165) is 33.2 Å². The molecule has 1 heterocycles. The zero-order chi connectivity index (χ0) is 38.0. The number of anilines is 3. The molecule has 0 radical (unpaired) electrons. The second-order valence-corrected chi connectivity index (χ2v) is 10.3. The van der Waals surface area contributed by atoms with Crippen LogP contribution in [0, 0.1) is 0 Å². The zero-order valence-corrected chi connectivity index (χ0v) is 23.4. The Kier molecular flexibility index (Phi) is 4.36. The normalized spacial score (nSPS) is 14.4. The highest BCUT2D eigenvalue weighted by atomic mass is 15.1. The van der Waals surface area contributed by atoms with Crippen LogP contribution in [0.2, 0.25) is 0 Å². The second-order valence-electron chi connectivity index (χ2n) is 10.3. The molecule has 1 aromatic heterocycles. The quantitative estimate of drug-likeness (QED) is 0.192. The van der Waals surface area contributed by atoms with Gasteiger partial charge in [0.25, 0.3) is 0 Å². The van der Waals surface area contributed by atoms with Crippen LogP contribution in [0.5, 0.6) is 0 Å². The first-order chi connectivity index (χ1) is 26.0. The Hall–Kier alpha value is -5.86. The number of hydrogen-bond donors (Lipinski definition) is 0. The molecule has 0 aliphatic heterocycles. The molecule has 44 heavy (non-hydrogen) atoms. The van der Waals surface area contributed by atoms with Gasteiger partial charge in [0.15, 0.2) is 0 Å². The molecule has 0 atom stereocenters. The fraction of sp³-hybridized carbons (Fsp3) is 0. The van der Waals surface area contributed by atoms with Crippen LogP contribution in [0.25, 0.3) is 49.7 Å². The van der Waals surface area contributed by atoms with Gasteiger partial charge in [-0.05, 0) is 76.9 Å². The molecule has 0 bridgehead atoms. The van der Waals surface area contributed by atoms with Gasteiger partial charge in [0, 0.05) is 33.5 Å². The summed E-state index contributed by atoms with van der Waals surface area (Å²) < 4.78 is 85.0. The van der Waals surface area contributed by atoms with Gasteiger partial charge in [0.05, 0.1) is 24.7 Å². The van der Waals surface area contributed by atoms with E-state index in [2.05, 4.69) is 41.0 Å². The summed E-state index contributed by atoms with van der Waals surface area (Å²) in [6.07, 6.45) is 0. The van der Waals surface area contributed by atoms with Crippen molar-refractivity contribution in [3.8, 4) is 27.9 Å². The van der Waals surface area contributed by atoms with Crippen LogP contribution >= 0.6 is 0 Å². The van der Waals surface area contributed by atoms with E-state index in [-0.39, 0.29) is 35.3 Å². The molecule has 0 saturated carbocycles. The van der Waals surface area contributed by atoms with Gasteiger partial charge in [-0.25, -0.2) is 0 Å². The van der Waals surface area contributed by atoms with E-state index < -0.39 is 36.3 Å². The Morgan fingerprint density at radius 2 is 0.909 bits per heavy atom. The summed E-state index contributed by atoms with van der Waals surface area (Å²) >= 11 is 0. The van der Waals surface area contributed by atoms with Crippen molar-refractivity contribution in [2.24, 2.45) is 0 Å². The van der Waals surface area contributed by atoms with E-state index in [0.29, 0.717) is 22.5 Å². The van der Waals surface area contributed by atoms with E-state index in [9.17, 15) is 0 Å². The third-order valence-corrected chi connectivity index (χ3v) is 7.76. The summed E-state index contributed by atoms with van der Waals surface area (Å²) in [4.78, 5) is 2.02. The summed E-state index contributed by atoms with van der Waals surface area (Å²) in [5.74, 6) is 0. The molecule has 0 N–H and O–H groups in total. The minimum Gasteiger partial charge on any atom is -0.310 e. The molecule has 0 aliphatic carbocycles. The van der Waals surface area contributed by atoms with Gasteiger partial charge < -0.3 is 9.47 Å². The van der Waals surface area contributed by atoms with Gasteiger partial charge in [-0.15, -0.1) is 0 Å². The van der Waals surface area contributed by atoms with Gasteiger partial charge in [-0.3, -0.25) is 0 Å². The number of rotatable bonds is 6. The molecule has 8 rings (SSSR count). The van der Waals surface area contributed by atoms with Crippen LogP contribution in [-0.4, -0.2) is 4.57 Å². The third-order valence-electron chi connectivity index (χ3n) is 7.76. The molecular weight excluding hydrogens is 532 g/mol. The molecular formula is C42H30N2. The highest BCUT2D eigenvalue weighted by molar-refractivity contribution is 6.10. The largest absolute Gasteiger partial charge is 0.310 e. The average Bonchev–Trinajstić information content (AvgIpc) is 3.53. The van der Waals surface area contributed by atoms with Crippen molar-refractivity contribution >= 4 is 38.9 Å². The summed E-state index contributed by atoms with van der Waals surface area (Å²) in [7, 11) is 0. The Labute approximate surface area is 271 Å². The van der Waals surface area contributed by atoms with Crippen LogP contribution in [0.15, 0.2) is 182 Å². The van der Waals surface area contributed by atoms with Crippen molar-refractivity contribution in [3.05, 3.63) is 182 Å². The molecule has 208 valence electrons. The fourth-order valence-electron chi connectivity index (χ4n) is 5.74. The Balaban J connectivity index is 1.32. The predicted octanol–water partition coefficient (Wildman–Crippen LogP) is 11.6. The molecule has 0 aliphatic rings. The van der Waals surface area contributed by atoms with E-state index in [1.165, 1.54) is 0 Å². The van der Waals surface area contributed by atoms with Crippen LogP contribution in [-0.2, 0) is 0 Å². The van der Waals surface area contributed by atoms with Crippen molar-refractivity contribution in [2.45, 2.75) is 0 Å². The summed E-state index contributed by atoms with van der Waals surface area (Å²) in [6.45, 7) is 0. The topological polar surface area (TPSA) is 8.17 Å². The minimum atomic E-state index is -0.452. The monoisotopic (exact) mass is 572 g/mol. The molecule has 7 aromatic carbocycles. The number of nitrogens with zero attached hydrogens (tertiary/aromatic N) is 2. The molecule has 0 spiro atoms. The Bertz CT molecular complexity index is 2590. The molecule has 0 amide bonds. The van der Waals surface area contributed by atoms with Crippen LogP contribution in [0.4, 0.5) is 17.1 Å². The van der Waals surface area contributed by atoms with Crippen molar-refractivity contribution in [1.29, 1.82) is 0 Å². The maximum Gasteiger partial charge on any atom is 0.0629 e. The maximum absolute atomic E-state index is 8.51. The minimum absolute atomic E-state index is 0.107. The lowest BCUT2D eigenvalue weighted by Gasteiger charge is -2.26. The van der Waals surface area contributed by atoms with Gasteiger partial charge in [0.1, 0.15) is 0 Å². The van der Waals surface area contributed by atoms with Crippen molar-refractivity contribution in [2.75, 3.05) is 4.90 Å². The van der Waals surface area contributed by atoms with E-state index in [4.69, 9.17) is 13.7 Å². The first-order valence-electron chi connectivity index (χ1n) is 19.2. The number of para-hydroxylation sites is 2. The van der Waals surface area contributed by atoms with E-state index in [1.807, 2.05) is 65.6 Å². The average molecular weight is 573 g/mol. The molecule has 2 heteroatoms. The first kappa shape index (κ1) is 17.3. The SMILES string of the molecule is [2H]c1c([2H])c([2H])c(-c2ccc(N(c3ccc(-c4c([2H])c([2H])c([2H])c([2H])c4[2H])cc3)c3ccc4c5ccccc5n(-c5ccccc5)c4c3)cc2)c([2H])c1[2H]. The fourth-order valence-corrected chi connectivity index (χ4v) is 5.74. The van der Waals surface area contributed by atoms with Crippen LogP contribution < -0.4 is 4.90 Å². The Morgan fingerprint density at radius 1 is 0.409 bits per heavy atom. The lowest BCUT2D eigenvalue weighted by Crippen LogP contribution is -2.10. The van der Waals surface area contributed by atoms with Crippen molar-refractivity contribution in [1.82, 2.24) is 4.57 Å². The summed E-state index contributed by atoms with van der Waals surface area (Å²) in [5, 5.41) is 2.16. The molecule has 0 unspecified atom stereocenters. The summed E-state index contributed by atoms with van der Waals surface area (Å²) in [5.41, 5.74) is 6.38. The maximum atomic E-state index is 8.51. The lowest BCUT2D eigenvalue weighted by atomic mass is 10.0. The predicted molar refractivity (Wildman–Crippen MR) is 186 cm³/mol. The Morgan fingerprint density at radius 3 is 1.50 bits per heavy atom. The summed E-state index contributed by atoms with van der Waals surface area (Å²) in [6, 6.07) is 35.1. The van der Waals surface area contributed by atoms with Crippen molar-refractivity contribution < 1.29 is 13.7 Å². The third kappa shape index (κ3) is 4.63. The molecule has 8 aromatic rings. The highest BCUT2D eigenvalue weighted by Gasteiger charge is 2.17. The van der Waals surface area contributed by atoms with Crippen LogP contribution in [0.3, 0.4) is 0 Å². The standard InChI is InChI=1S/C42H30N2/c1-4-12-31(13-5-1)33-20-24-36(25-21-33)43(37-26-22-34(23-27-37)32-14-6-2-7-15-32)38-28-29-40-39-18-10-11-19-41(39)44(42(40)30-38)35-16-8-3-9-17-35/h1-30H/i1D,2D,4D,5D,6D,7D,12D,13D,14D,15D. The number of fused-ring (bicyclic) bond motifs is 3. The van der Waals surface area contributed by atoms with Crippen LogP contribution in [0.1, 0.15) is 13.7 Å². The zero-order valence-electron chi connectivity index (χ0n) is 33.4. The first-order valence-corrected chi connectivity index (χ1v) is 14.2. The van der Waals surface area contributed by atoms with E-state index in [1.54, 1.807) is 24.3 Å². The number of benzene rings is 7. The number of hydrogen-bond acceptors (Lipinski definition) is 1. The molecule has 0 fully saturated rings. The van der Waals surface area contributed by atoms with Gasteiger partial charge >= 0.3 is 0 Å². The number of aromatic nitrogens is 1. The highest BCUT2D eigenvalue weighted by Crippen LogP contribution is 2.40.